The van der Waals surface area contributed by atoms with E-state index in [0.29, 0.717) is 12.1 Å². The van der Waals surface area contributed by atoms with Crippen molar-refractivity contribution in [2.24, 2.45) is 0 Å². The molecule has 88 valence electrons. The van der Waals surface area contributed by atoms with Gasteiger partial charge in [0.25, 0.3) is 0 Å². The van der Waals surface area contributed by atoms with Gasteiger partial charge in [0.05, 0.1) is 0 Å². The molecule has 0 amide bonds. The lowest BCUT2D eigenvalue weighted by Crippen LogP contribution is -2.54. The maximum Gasteiger partial charge on any atom is 0.0271 e. The van der Waals surface area contributed by atoms with Crippen molar-refractivity contribution in [1.29, 1.82) is 0 Å². The largest absolute Gasteiger partial charge is 0.311 e. The van der Waals surface area contributed by atoms with Crippen LogP contribution in [0.3, 0.4) is 0 Å². The number of piperazine rings is 1. The molecule has 2 atom stereocenters. The second-order valence-electron chi connectivity index (χ2n) is 4.66. The minimum atomic E-state index is 0.602. The zero-order chi connectivity index (χ0) is 11.4. The first-order valence-electron chi connectivity index (χ1n) is 6.16. The van der Waals surface area contributed by atoms with Gasteiger partial charge in [-0.1, -0.05) is 6.92 Å². The van der Waals surface area contributed by atoms with Crippen molar-refractivity contribution in [3.05, 3.63) is 30.1 Å². The summed E-state index contributed by atoms with van der Waals surface area (Å²) in [5.74, 6) is 0. The Morgan fingerprint density at radius 2 is 2.19 bits per heavy atom. The lowest BCUT2D eigenvalue weighted by molar-refractivity contribution is 0.124. The van der Waals surface area contributed by atoms with Crippen molar-refractivity contribution in [3.8, 4) is 0 Å². The van der Waals surface area contributed by atoms with Crippen LogP contribution in [0.2, 0.25) is 0 Å². The van der Waals surface area contributed by atoms with Gasteiger partial charge in [0.1, 0.15) is 0 Å². The van der Waals surface area contributed by atoms with Crippen molar-refractivity contribution in [2.75, 3.05) is 13.1 Å². The van der Waals surface area contributed by atoms with Crippen LogP contribution in [0.4, 0.5) is 0 Å². The lowest BCUT2D eigenvalue weighted by Gasteiger charge is -2.39. The minimum Gasteiger partial charge on any atom is -0.311 e. The third-order valence-electron chi connectivity index (χ3n) is 3.33. The van der Waals surface area contributed by atoms with E-state index in [4.69, 9.17) is 0 Å². The van der Waals surface area contributed by atoms with Crippen molar-refractivity contribution in [1.82, 2.24) is 15.2 Å². The Balaban J connectivity index is 2.01. The molecule has 1 N–H and O–H groups in total. The first-order valence-corrected chi connectivity index (χ1v) is 6.16. The maximum atomic E-state index is 4.06. The second-order valence-corrected chi connectivity index (χ2v) is 4.66. The van der Waals surface area contributed by atoms with E-state index in [2.05, 4.69) is 41.2 Å². The number of hydrogen-bond donors (Lipinski definition) is 1. The average Bonchev–Trinajstić information content (AvgIpc) is 2.31. The highest BCUT2D eigenvalue weighted by Gasteiger charge is 2.24. The van der Waals surface area contributed by atoms with Crippen LogP contribution in [0.15, 0.2) is 24.5 Å². The van der Waals surface area contributed by atoms with Gasteiger partial charge in [-0.25, -0.2) is 0 Å². The monoisotopic (exact) mass is 219 g/mol. The summed E-state index contributed by atoms with van der Waals surface area (Å²) in [5, 5.41) is 3.54. The molecule has 0 aliphatic carbocycles. The molecular weight excluding hydrogens is 198 g/mol. The van der Waals surface area contributed by atoms with E-state index in [9.17, 15) is 0 Å². The summed E-state index contributed by atoms with van der Waals surface area (Å²) in [7, 11) is 0. The van der Waals surface area contributed by atoms with Gasteiger partial charge in [0, 0.05) is 44.1 Å². The molecule has 0 saturated carbocycles. The molecule has 1 aliphatic rings. The van der Waals surface area contributed by atoms with Gasteiger partial charge in [-0.05, 0) is 31.0 Å². The van der Waals surface area contributed by atoms with Gasteiger partial charge in [0.2, 0.25) is 0 Å². The molecule has 1 saturated heterocycles. The molecule has 0 aromatic carbocycles. The van der Waals surface area contributed by atoms with E-state index in [0.717, 1.165) is 19.6 Å². The molecule has 1 aliphatic heterocycles. The molecule has 3 heteroatoms. The van der Waals surface area contributed by atoms with Crippen LogP contribution in [0.25, 0.3) is 0 Å². The molecule has 16 heavy (non-hydrogen) atoms. The van der Waals surface area contributed by atoms with E-state index in [1.807, 2.05) is 12.4 Å². The molecule has 1 aromatic heterocycles. The molecule has 3 nitrogen and oxygen atoms in total. The van der Waals surface area contributed by atoms with E-state index in [1.54, 1.807) is 0 Å². The fraction of sp³-hybridized carbons (Fsp3) is 0.615. The predicted molar refractivity (Wildman–Crippen MR) is 66.2 cm³/mol. The molecule has 0 bridgehead atoms. The van der Waals surface area contributed by atoms with Gasteiger partial charge in [0.15, 0.2) is 0 Å². The zero-order valence-electron chi connectivity index (χ0n) is 10.2. The summed E-state index contributed by atoms with van der Waals surface area (Å²) < 4.78 is 0. The SMILES string of the molecule is CCC1CNC(C)CN1Cc1ccncc1. The Kier molecular flexibility index (Phi) is 3.91. The quantitative estimate of drug-likeness (QED) is 0.838. The molecule has 0 radical (unpaired) electrons. The van der Waals surface area contributed by atoms with E-state index >= 15 is 0 Å². The average molecular weight is 219 g/mol. The summed E-state index contributed by atoms with van der Waals surface area (Å²) in [4.78, 5) is 6.64. The van der Waals surface area contributed by atoms with Gasteiger partial charge in [-0.3, -0.25) is 9.88 Å². The smallest absolute Gasteiger partial charge is 0.0271 e. The number of pyridine rings is 1. The van der Waals surface area contributed by atoms with Gasteiger partial charge in [-0.15, -0.1) is 0 Å². The molecule has 1 fully saturated rings. The van der Waals surface area contributed by atoms with Gasteiger partial charge >= 0.3 is 0 Å². The van der Waals surface area contributed by atoms with E-state index in [1.165, 1.54) is 12.0 Å². The zero-order valence-corrected chi connectivity index (χ0v) is 10.2. The molecule has 2 rings (SSSR count). The lowest BCUT2D eigenvalue weighted by atomic mass is 10.1. The first kappa shape index (κ1) is 11.6. The Labute approximate surface area is 97.9 Å². The van der Waals surface area contributed by atoms with Crippen LogP contribution < -0.4 is 5.32 Å². The number of hydrogen-bond acceptors (Lipinski definition) is 3. The Bertz CT molecular complexity index is 312. The highest BCUT2D eigenvalue weighted by Crippen LogP contribution is 2.14. The van der Waals surface area contributed by atoms with Crippen LogP contribution in [-0.2, 0) is 6.54 Å². The van der Waals surface area contributed by atoms with Crippen LogP contribution in [0.5, 0.6) is 0 Å². The Hall–Kier alpha value is -0.930. The van der Waals surface area contributed by atoms with Crippen molar-refractivity contribution in [3.63, 3.8) is 0 Å². The highest BCUT2D eigenvalue weighted by molar-refractivity contribution is 5.10. The van der Waals surface area contributed by atoms with E-state index in [-0.39, 0.29) is 0 Å². The normalized spacial score (nSPS) is 26.9. The summed E-state index contributed by atoms with van der Waals surface area (Å²) in [5.41, 5.74) is 1.36. The summed E-state index contributed by atoms with van der Waals surface area (Å²) in [6.45, 7) is 7.82. The molecule has 0 spiro atoms. The van der Waals surface area contributed by atoms with Crippen LogP contribution in [-0.4, -0.2) is 35.1 Å². The predicted octanol–water partition coefficient (Wildman–Crippen LogP) is 1.65. The standard InChI is InChI=1S/C13H21N3/c1-3-13-8-15-11(2)9-16(13)10-12-4-6-14-7-5-12/h4-7,11,13,15H,3,8-10H2,1-2H3. The minimum absolute atomic E-state index is 0.602. The third-order valence-corrected chi connectivity index (χ3v) is 3.33. The van der Waals surface area contributed by atoms with Gasteiger partial charge in [-0.2, -0.15) is 0 Å². The maximum absolute atomic E-state index is 4.06. The van der Waals surface area contributed by atoms with Crippen LogP contribution in [0.1, 0.15) is 25.8 Å². The number of rotatable bonds is 3. The van der Waals surface area contributed by atoms with E-state index < -0.39 is 0 Å². The highest BCUT2D eigenvalue weighted by atomic mass is 15.2. The number of nitrogens with one attached hydrogen (secondary N) is 1. The van der Waals surface area contributed by atoms with Crippen LogP contribution >= 0.6 is 0 Å². The van der Waals surface area contributed by atoms with Crippen molar-refractivity contribution < 1.29 is 0 Å². The third kappa shape index (κ3) is 2.80. The fourth-order valence-corrected chi connectivity index (χ4v) is 2.35. The van der Waals surface area contributed by atoms with Crippen molar-refractivity contribution >= 4 is 0 Å². The topological polar surface area (TPSA) is 28.2 Å². The van der Waals surface area contributed by atoms with Crippen molar-refractivity contribution in [2.45, 2.75) is 38.9 Å². The summed E-state index contributed by atoms with van der Waals surface area (Å²) in [6.07, 6.45) is 4.97. The Morgan fingerprint density at radius 1 is 1.44 bits per heavy atom. The number of nitrogens with zero attached hydrogens (tertiary/aromatic N) is 2. The molecule has 2 unspecified atom stereocenters. The molecular formula is C13H21N3. The number of aromatic nitrogens is 1. The Morgan fingerprint density at radius 3 is 2.88 bits per heavy atom. The fourth-order valence-electron chi connectivity index (χ4n) is 2.35. The van der Waals surface area contributed by atoms with Crippen LogP contribution in [0, 0.1) is 0 Å². The summed E-state index contributed by atoms with van der Waals surface area (Å²) >= 11 is 0. The first-order chi connectivity index (χ1) is 7.79. The van der Waals surface area contributed by atoms with Gasteiger partial charge < -0.3 is 5.32 Å². The molecule has 1 aromatic rings. The molecule has 2 heterocycles. The second kappa shape index (κ2) is 5.41. The summed E-state index contributed by atoms with van der Waals surface area (Å²) in [6, 6.07) is 5.49.